The van der Waals surface area contributed by atoms with E-state index in [4.69, 9.17) is 9.47 Å². The van der Waals surface area contributed by atoms with Gasteiger partial charge in [0.05, 0.1) is 24.5 Å². The van der Waals surface area contributed by atoms with Crippen LogP contribution >= 0.6 is 34.4 Å². The average molecular weight is 761 g/mol. The molecule has 0 bridgehead atoms. The van der Waals surface area contributed by atoms with Gasteiger partial charge in [0.2, 0.25) is 5.91 Å². The first-order valence-electron chi connectivity index (χ1n) is 16.6. The summed E-state index contributed by atoms with van der Waals surface area (Å²) < 4.78 is 10.6. The normalized spacial score (nSPS) is 13.4. The number of nitrogens with zero attached hydrogens (tertiary/aromatic N) is 1. The van der Waals surface area contributed by atoms with Crippen molar-refractivity contribution in [2.75, 3.05) is 24.3 Å². The van der Waals surface area contributed by atoms with Crippen LogP contribution in [0.2, 0.25) is 0 Å². The van der Waals surface area contributed by atoms with Crippen LogP contribution in [0.3, 0.4) is 0 Å². The minimum atomic E-state index is -0.647. The number of nitrogens with one attached hydrogen (secondary N) is 3. The number of rotatable bonds is 11. The Labute approximate surface area is 314 Å². The molecule has 1 aliphatic heterocycles. The number of carbonyl (C=O) groups is 5. The summed E-state index contributed by atoms with van der Waals surface area (Å²) in [5.41, 5.74) is 1.38. The van der Waals surface area contributed by atoms with E-state index in [1.54, 1.807) is 80.3 Å². The van der Waals surface area contributed by atoms with Crippen LogP contribution in [0.1, 0.15) is 70.1 Å². The first kappa shape index (κ1) is 38.3. The van der Waals surface area contributed by atoms with Gasteiger partial charge in [-0.25, -0.2) is 9.59 Å². The number of methoxy groups -OCH3 is 1. The number of benzene rings is 2. The van der Waals surface area contributed by atoms with Gasteiger partial charge in [0.15, 0.2) is 0 Å². The maximum atomic E-state index is 13.7. The fourth-order valence-corrected chi connectivity index (χ4v) is 8.20. The minimum absolute atomic E-state index is 0.0782. The second kappa shape index (κ2) is 17.1. The standard InChI is InChI=1S/C38H40N4O7S3/c1-6-29(34(45)41-35-31(36(46)48-5)27-17-18-42(22-30(27)52-35)37(47)49-38(2,3)4)51-26-15-10-14-24(20-26)39-33(44)28(21-25-16-11-19-50-25)40-32(43)23-12-8-7-9-13-23/h7-16,19-21,29H,6,17-18,22H2,1-5H3,(H,39,44)(H,40,43)(H,41,45)/b28-21-. The van der Waals surface area contributed by atoms with Gasteiger partial charge >= 0.3 is 12.1 Å². The summed E-state index contributed by atoms with van der Waals surface area (Å²) in [6, 6.07) is 19.4. The molecule has 0 radical (unpaired) electrons. The molecule has 0 saturated carbocycles. The molecular weight excluding hydrogens is 721 g/mol. The maximum Gasteiger partial charge on any atom is 0.410 e. The highest BCUT2D eigenvalue weighted by atomic mass is 32.2. The van der Waals surface area contributed by atoms with Crippen LogP contribution < -0.4 is 16.0 Å². The van der Waals surface area contributed by atoms with Crippen molar-refractivity contribution in [3.8, 4) is 0 Å². The molecule has 1 unspecified atom stereocenters. The van der Waals surface area contributed by atoms with Gasteiger partial charge in [0, 0.05) is 32.4 Å². The fourth-order valence-electron chi connectivity index (χ4n) is 5.27. The van der Waals surface area contributed by atoms with Crippen molar-refractivity contribution in [1.82, 2.24) is 10.2 Å². The maximum absolute atomic E-state index is 13.7. The molecule has 0 saturated heterocycles. The molecule has 2 aromatic carbocycles. The number of amides is 4. The smallest absolute Gasteiger partial charge is 0.410 e. The van der Waals surface area contributed by atoms with Crippen LogP contribution in [0.25, 0.3) is 6.08 Å². The molecular formula is C38H40N4O7S3. The number of hydrogen-bond donors (Lipinski definition) is 3. The van der Waals surface area contributed by atoms with E-state index in [1.165, 1.54) is 41.5 Å². The number of thioether (sulfide) groups is 1. The Balaban J connectivity index is 1.29. The van der Waals surface area contributed by atoms with E-state index < -0.39 is 34.7 Å². The molecule has 3 N–H and O–H groups in total. The lowest BCUT2D eigenvalue weighted by atomic mass is 10.0. The molecule has 0 fully saturated rings. The third-order valence-electron chi connectivity index (χ3n) is 7.73. The molecule has 11 nitrogen and oxygen atoms in total. The van der Waals surface area contributed by atoms with Crippen molar-refractivity contribution in [3.63, 3.8) is 0 Å². The average Bonchev–Trinajstić information content (AvgIpc) is 3.76. The largest absolute Gasteiger partial charge is 0.465 e. The van der Waals surface area contributed by atoms with E-state index in [0.29, 0.717) is 41.2 Å². The Morgan fingerprint density at radius 1 is 1.00 bits per heavy atom. The lowest BCUT2D eigenvalue weighted by molar-refractivity contribution is -0.116. The van der Waals surface area contributed by atoms with Gasteiger partial charge in [0.1, 0.15) is 16.3 Å². The van der Waals surface area contributed by atoms with E-state index in [-0.39, 0.29) is 18.1 Å². The van der Waals surface area contributed by atoms with Crippen LogP contribution in [0.4, 0.5) is 15.5 Å². The van der Waals surface area contributed by atoms with Crippen molar-refractivity contribution in [2.45, 2.75) is 62.8 Å². The van der Waals surface area contributed by atoms with Crippen LogP contribution in [-0.2, 0) is 32.0 Å². The Hall–Kier alpha value is -4.92. The second-order valence-electron chi connectivity index (χ2n) is 12.7. The van der Waals surface area contributed by atoms with Gasteiger partial charge in [-0.15, -0.1) is 34.4 Å². The first-order chi connectivity index (χ1) is 24.8. The third kappa shape index (κ3) is 9.90. The number of carbonyl (C=O) groups excluding carboxylic acids is 5. The zero-order valence-corrected chi connectivity index (χ0v) is 31.9. The molecule has 5 rings (SSSR count). The SMILES string of the molecule is CCC(Sc1cccc(NC(=O)/C(=C/c2cccs2)NC(=O)c2ccccc2)c1)C(=O)Nc1sc2c(c1C(=O)OC)CCN(C(=O)OC(C)(C)C)C2. The Bertz CT molecular complexity index is 1970. The quantitative estimate of drug-likeness (QED) is 0.0799. The van der Waals surface area contributed by atoms with Crippen LogP contribution in [0.15, 0.2) is 82.7 Å². The summed E-state index contributed by atoms with van der Waals surface area (Å²) in [6.07, 6.45) is 2.06. The predicted molar refractivity (Wildman–Crippen MR) is 206 cm³/mol. The van der Waals surface area contributed by atoms with Gasteiger partial charge < -0.3 is 30.3 Å². The van der Waals surface area contributed by atoms with Gasteiger partial charge in [-0.1, -0.05) is 37.3 Å². The van der Waals surface area contributed by atoms with Crippen molar-refractivity contribution in [3.05, 3.63) is 104 Å². The molecule has 1 atom stereocenters. The highest BCUT2D eigenvalue weighted by molar-refractivity contribution is 8.00. The van der Waals surface area contributed by atoms with Gasteiger partial charge in [-0.05, 0) is 87.0 Å². The van der Waals surface area contributed by atoms with Crippen LogP contribution in [0, 0.1) is 0 Å². The zero-order valence-electron chi connectivity index (χ0n) is 29.4. The second-order valence-corrected chi connectivity index (χ2v) is 16.1. The van der Waals surface area contributed by atoms with Crippen molar-refractivity contribution in [2.24, 2.45) is 0 Å². The molecule has 2 aromatic heterocycles. The summed E-state index contributed by atoms with van der Waals surface area (Å²) >= 11 is 4.00. The fraction of sp³-hybridized carbons (Fsp3) is 0.289. The summed E-state index contributed by atoms with van der Waals surface area (Å²) in [4.78, 5) is 69.7. The summed E-state index contributed by atoms with van der Waals surface area (Å²) in [5, 5.41) is 10.3. The Kier molecular flexibility index (Phi) is 12.6. The summed E-state index contributed by atoms with van der Waals surface area (Å²) in [6.45, 7) is 7.91. The molecule has 4 amide bonds. The summed E-state index contributed by atoms with van der Waals surface area (Å²) in [5.74, 6) is -1.79. The Morgan fingerprint density at radius 2 is 1.77 bits per heavy atom. The summed E-state index contributed by atoms with van der Waals surface area (Å²) in [7, 11) is 1.29. The van der Waals surface area contributed by atoms with E-state index in [2.05, 4.69) is 16.0 Å². The number of ether oxygens (including phenoxy) is 2. The molecule has 3 heterocycles. The number of fused-ring (bicyclic) bond motifs is 1. The van der Waals surface area contributed by atoms with E-state index in [0.717, 1.165) is 20.2 Å². The lowest BCUT2D eigenvalue weighted by Gasteiger charge is -2.30. The monoisotopic (exact) mass is 760 g/mol. The molecule has 0 spiro atoms. The van der Waals surface area contributed by atoms with Gasteiger partial charge in [0.25, 0.3) is 11.8 Å². The highest BCUT2D eigenvalue weighted by Crippen LogP contribution is 2.39. The van der Waals surface area contributed by atoms with Crippen LogP contribution in [0.5, 0.6) is 0 Å². The van der Waals surface area contributed by atoms with Gasteiger partial charge in [-0.3, -0.25) is 14.4 Å². The first-order valence-corrected chi connectivity index (χ1v) is 19.1. The molecule has 0 aliphatic carbocycles. The number of thiophene rings is 2. The van der Waals surface area contributed by atoms with Gasteiger partial charge in [-0.2, -0.15) is 0 Å². The Morgan fingerprint density at radius 3 is 2.44 bits per heavy atom. The van der Waals surface area contributed by atoms with E-state index in [9.17, 15) is 24.0 Å². The zero-order chi connectivity index (χ0) is 37.4. The molecule has 1 aliphatic rings. The lowest BCUT2D eigenvalue weighted by Crippen LogP contribution is -2.39. The van der Waals surface area contributed by atoms with Crippen LogP contribution in [-0.4, -0.2) is 59.2 Å². The highest BCUT2D eigenvalue weighted by Gasteiger charge is 2.33. The van der Waals surface area contributed by atoms with Crippen molar-refractivity contribution >= 4 is 81.0 Å². The van der Waals surface area contributed by atoms with Crippen molar-refractivity contribution < 1.29 is 33.4 Å². The van der Waals surface area contributed by atoms with Crippen molar-refractivity contribution in [1.29, 1.82) is 0 Å². The number of esters is 1. The predicted octanol–water partition coefficient (Wildman–Crippen LogP) is 7.81. The van der Waals surface area contributed by atoms with E-state index >= 15 is 0 Å². The number of hydrogen-bond acceptors (Lipinski definition) is 10. The molecule has 52 heavy (non-hydrogen) atoms. The molecule has 14 heteroatoms. The number of anilines is 2. The molecule has 272 valence electrons. The minimum Gasteiger partial charge on any atom is -0.465 e. The van der Waals surface area contributed by atoms with E-state index in [1.807, 2.05) is 30.5 Å². The third-order valence-corrected chi connectivity index (χ3v) is 11.0. The molecule has 4 aromatic rings. The topological polar surface area (TPSA) is 143 Å².